The molecule has 2 aliphatic rings. The third kappa shape index (κ3) is 3.58. The quantitative estimate of drug-likeness (QED) is 0.431. The van der Waals surface area contributed by atoms with Gasteiger partial charge in [0.05, 0.1) is 26.2 Å². The summed E-state index contributed by atoms with van der Waals surface area (Å²) in [6.07, 6.45) is 2.28. The van der Waals surface area contributed by atoms with E-state index in [1.54, 1.807) is 6.92 Å². The molecule has 148 valence electrons. The Bertz CT molecular complexity index is 662. The minimum atomic E-state index is -0.830. The smallest absolute Gasteiger partial charge is 0.326 e. The first-order valence-corrected chi connectivity index (χ1v) is 9.62. The highest BCUT2D eigenvalue weighted by atomic mass is 16.6. The first-order chi connectivity index (χ1) is 13.0. The van der Waals surface area contributed by atoms with Crippen molar-refractivity contribution in [2.75, 3.05) is 33.4 Å². The van der Waals surface area contributed by atoms with Gasteiger partial charge in [0.25, 0.3) is 0 Å². The van der Waals surface area contributed by atoms with Gasteiger partial charge in [0.2, 0.25) is 6.04 Å². The number of hydrogen-bond donors (Lipinski definition) is 0. The monoisotopic (exact) mass is 376 g/mol. The maximum atomic E-state index is 13.1. The van der Waals surface area contributed by atoms with Crippen LogP contribution in [-0.2, 0) is 14.3 Å². The topological polar surface area (TPSA) is 81.9 Å². The molecule has 1 unspecified atom stereocenters. The summed E-state index contributed by atoms with van der Waals surface area (Å²) in [6, 6.07) is 8.79. The lowest BCUT2D eigenvalue weighted by Gasteiger charge is -2.46. The van der Waals surface area contributed by atoms with E-state index in [1.807, 2.05) is 30.3 Å². The van der Waals surface area contributed by atoms with Crippen molar-refractivity contribution in [1.82, 2.24) is 4.90 Å². The number of benzene rings is 1. The van der Waals surface area contributed by atoms with E-state index < -0.39 is 11.6 Å². The van der Waals surface area contributed by atoms with Gasteiger partial charge >= 0.3 is 5.97 Å². The van der Waals surface area contributed by atoms with Crippen molar-refractivity contribution in [2.24, 2.45) is 5.92 Å². The Morgan fingerprint density at radius 2 is 2.00 bits per heavy atom. The van der Waals surface area contributed by atoms with Crippen LogP contribution in [0.4, 0.5) is 0 Å². The van der Waals surface area contributed by atoms with E-state index in [2.05, 4.69) is 4.90 Å². The van der Waals surface area contributed by atoms with E-state index in [4.69, 9.17) is 9.47 Å². The second kappa shape index (κ2) is 8.35. The highest BCUT2D eigenvalue weighted by molar-refractivity contribution is 5.82. The lowest BCUT2D eigenvalue weighted by atomic mass is 9.71. The van der Waals surface area contributed by atoms with Crippen LogP contribution in [0.15, 0.2) is 30.3 Å². The van der Waals surface area contributed by atoms with Crippen LogP contribution >= 0.6 is 0 Å². The molecule has 0 spiro atoms. The number of carbonyl (C=O) groups excluding carboxylic acids is 1. The number of ether oxygens (including phenoxy) is 2. The predicted octanol–water partition coefficient (Wildman–Crippen LogP) is 2.48. The maximum Gasteiger partial charge on any atom is 0.326 e. The zero-order valence-electron chi connectivity index (χ0n) is 16.0. The Morgan fingerprint density at radius 1 is 1.33 bits per heavy atom. The van der Waals surface area contributed by atoms with Crippen molar-refractivity contribution < 1.29 is 19.2 Å². The highest BCUT2D eigenvalue weighted by Crippen LogP contribution is 2.50. The van der Waals surface area contributed by atoms with Gasteiger partial charge < -0.3 is 9.47 Å². The van der Waals surface area contributed by atoms with Gasteiger partial charge in [0.15, 0.2) is 0 Å². The minimum absolute atomic E-state index is 0.175. The number of hydrogen-bond acceptors (Lipinski definition) is 6. The lowest BCUT2D eigenvalue weighted by molar-refractivity contribution is -0.524. The molecule has 1 aliphatic carbocycles. The fourth-order valence-corrected chi connectivity index (χ4v) is 5.06. The van der Waals surface area contributed by atoms with Crippen LogP contribution in [-0.4, -0.2) is 60.8 Å². The normalized spacial score (nSPS) is 28.4. The van der Waals surface area contributed by atoms with Crippen LogP contribution < -0.4 is 0 Å². The number of nitro groups is 1. The first kappa shape index (κ1) is 19.8. The molecule has 2 fully saturated rings. The van der Waals surface area contributed by atoms with Gasteiger partial charge in [-0.1, -0.05) is 36.8 Å². The van der Waals surface area contributed by atoms with E-state index in [0.29, 0.717) is 32.7 Å². The fraction of sp³-hybridized carbons (Fsp3) is 0.650. The SMILES string of the molecule is COC(=O)[C@@]1(N2CCOCC2)CCC[C@H]1[C@H](c1ccccc1)C(C)[N+](=O)[O-]. The average Bonchev–Trinajstić information content (AvgIpc) is 3.14. The van der Waals surface area contributed by atoms with Gasteiger partial charge in [0.1, 0.15) is 5.54 Å². The second-order valence-electron chi connectivity index (χ2n) is 7.48. The summed E-state index contributed by atoms with van der Waals surface area (Å²) in [5.74, 6) is -0.806. The van der Waals surface area contributed by atoms with Crippen LogP contribution in [0.3, 0.4) is 0 Å². The zero-order valence-corrected chi connectivity index (χ0v) is 16.0. The molecule has 4 atom stereocenters. The van der Waals surface area contributed by atoms with E-state index in [-0.39, 0.29) is 22.7 Å². The van der Waals surface area contributed by atoms with Crippen molar-refractivity contribution in [1.29, 1.82) is 0 Å². The largest absolute Gasteiger partial charge is 0.468 e. The Labute approximate surface area is 159 Å². The Morgan fingerprint density at radius 3 is 2.59 bits per heavy atom. The standard InChI is InChI=1S/C20H28N2O5/c1-15(22(24)25)18(16-7-4-3-5-8-16)17-9-6-10-20(17,19(23)26-2)21-11-13-27-14-12-21/h3-5,7-8,15,17-18H,6,9-14H2,1-2H3/t15?,17-,18-,20+/m0/s1. The van der Waals surface area contributed by atoms with Crippen LogP contribution in [0.25, 0.3) is 0 Å². The summed E-state index contributed by atoms with van der Waals surface area (Å²) < 4.78 is 10.7. The van der Waals surface area contributed by atoms with Gasteiger partial charge in [-0.25, -0.2) is 0 Å². The Kier molecular flexibility index (Phi) is 6.11. The van der Waals surface area contributed by atoms with E-state index >= 15 is 0 Å². The van der Waals surface area contributed by atoms with Gasteiger partial charge in [-0.05, 0) is 18.4 Å². The molecule has 7 heteroatoms. The van der Waals surface area contributed by atoms with Crippen LogP contribution in [0.1, 0.15) is 37.7 Å². The number of esters is 1. The molecule has 1 aromatic rings. The summed E-state index contributed by atoms with van der Waals surface area (Å²) >= 11 is 0. The number of morpholine rings is 1. The molecule has 0 aromatic heterocycles. The Hall–Kier alpha value is -1.99. The number of nitrogens with zero attached hydrogens (tertiary/aromatic N) is 2. The number of rotatable bonds is 6. The highest BCUT2D eigenvalue weighted by Gasteiger charge is 2.58. The molecule has 1 heterocycles. The summed E-state index contributed by atoms with van der Waals surface area (Å²) in [5.41, 5.74) is 0.0821. The molecule has 0 bridgehead atoms. The van der Waals surface area contributed by atoms with Crippen molar-refractivity contribution in [2.45, 2.75) is 43.7 Å². The fourth-order valence-electron chi connectivity index (χ4n) is 5.06. The van der Waals surface area contributed by atoms with E-state index in [1.165, 1.54) is 7.11 Å². The van der Waals surface area contributed by atoms with Crippen LogP contribution in [0.2, 0.25) is 0 Å². The molecule has 1 saturated heterocycles. The summed E-state index contributed by atoms with van der Waals surface area (Å²) in [6.45, 7) is 4.05. The van der Waals surface area contributed by atoms with Gasteiger partial charge in [0, 0.05) is 30.9 Å². The third-order valence-corrected chi connectivity index (χ3v) is 6.27. The van der Waals surface area contributed by atoms with Crippen LogP contribution in [0.5, 0.6) is 0 Å². The molecule has 1 aromatic carbocycles. The molecule has 0 radical (unpaired) electrons. The van der Waals surface area contributed by atoms with Crippen molar-refractivity contribution in [3.05, 3.63) is 46.0 Å². The zero-order chi connectivity index (χ0) is 19.4. The van der Waals surface area contributed by atoms with Gasteiger partial charge in [-0.15, -0.1) is 0 Å². The predicted molar refractivity (Wildman–Crippen MR) is 100 cm³/mol. The molecule has 27 heavy (non-hydrogen) atoms. The molecule has 3 rings (SSSR count). The van der Waals surface area contributed by atoms with Crippen LogP contribution in [0, 0.1) is 16.0 Å². The van der Waals surface area contributed by atoms with Crippen molar-refractivity contribution in [3.63, 3.8) is 0 Å². The van der Waals surface area contributed by atoms with E-state index in [9.17, 15) is 14.9 Å². The van der Waals surface area contributed by atoms with E-state index in [0.717, 1.165) is 18.4 Å². The number of carbonyl (C=O) groups is 1. The minimum Gasteiger partial charge on any atom is -0.468 e. The molecular weight excluding hydrogens is 348 g/mol. The summed E-state index contributed by atoms with van der Waals surface area (Å²) in [5, 5.41) is 11.8. The van der Waals surface area contributed by atoms with Crippen molar-refractivity contribution in [3.8, 4) is 0 Å². The Balaban J connectivity index is 2.07. The molecule has 1 saturated carbocycles. The molecule has 7 nitrogen and oxygen atoms in total. The molecular formula is C20H28N2O5. The third-order valence-electron chi connectivity index (χ3n) is 6.27. The average molecular weight is 376 g/mol. The van der Waals surface area contributed by atoms with Crippen molar-refractivity contribution >= 4 is 5.97 Å². The molecule has 0 amide bonds. The number of methoxy groups -OCH3 is 1. The maximum absolute atomic E-state index is 13.1. The summed E-state index contributed by atoms with van der Waals surface area (Å²) in [7, 11) is 1.41. The van der Waals surface area contributed by atoms with Gasteiger partial charge in [-0.3, -0.25) is 19.8 Å². The van der Waals surface area contributed by atoms with Gasteiger partial charge in [-0.2, -0.15) is 0 Å². The molecule has 0 N–H and O–H groups in total. The molecule has 1 aliphatic heterocycles. The first-order valence-electron chi connectivity index (χ1n) is 9.62. The second-order valence-corrected chi connectivity index (χ2v) is 7.48. The lowest BCUT2D eigenvalue weighted by Crippen LogP contribution is -2.62. The summed E-state index contributed by atoms with van der Waals surface area (Å²) in [4.78, 5) is 26.8.